The number of aromatic nitrogens is 1. The summed E-state index contributed by atoms with van der Waals surface area (Å²) in [4.78, 5) is 51.1. The number of pyridine rings is 1. The minimum atomic E-state index is -0.678. The third-order valence-corrected chi connectivity index (χ3v) is 4.03. The molecule has 2 aromatic carbocycles. The summed E-state index contributed by atoms with van der Waals surface area (Å²) in [6.07, 6.45) is 0. The Morgan fingerprint density at radius 3 is 2.11 bits per heavy atom. The van der Waals surface area contributed by atoms with E-state index in [0.29, 0.717) is 10.9 Å². The quantitative estimate of drug-likeness (QED) is 0.672. The number of ether oxygens (including phenoxy) is 2. The molecule has 0 aliphatic rings. The molecule has 8 heteroatoms. The molecule has 8 nitrogen and oxygen atoms in total. The molecule has 0 saturated carbocycles. The van der Waals surface area contributed by atoms with Gasteiger partial charge in [0.2, 0.25) is 5.56 Å². The van der Waals surface area contributed by atoms with Crippen LogP contribution in [0, 0.1) is 0 Å². The summed E-state index contributed by atoms with van der Waals surface area (Å²) in [7, 11) is 2.40. The summed E-state index contributed by atoms with van der Waals surface area (Å²) in [5.74, 6) is -1.93. The minimum absolute atomic E-state index is 0.0662. The van der Waals surface area contributed by atoms with Crippen LogP contribution < -0.4 is 10.9 Å². The van der Waals surface area contributed by atoms with Gasteiger partial charge in [-0.3, -0.25) is 9.59 Å². The van der Waals surface area contributed by atoms with Gasteiger partial charge in [0, 0.05) is 22.7 Å². The maximum Gasteiger partial charge on any atom is 0.337 e. The first-order valence-electron chi connectivity index (χ1n) is 8.18. The minimum Gasteiger partial charge on any atom is -0.465 e. The summed E-state index contributed by atoms with van der Waals surface area (Å²) >= 11 is 0. The van der Waals surface area contributed by atoms with Crippen LogP contribution in [0.1, 0.15) is 31.1 Å². The van der Waals surface area contributed by atoms with Crippen molar-refractivity contribution in [2.24, 2.45) is 0 Å². The highest BCUT2D eigenvalue weighted by atomic mass is 16.5. The number of amides is 1. The number of H-pyrrole nitrogens is 1. The first kappa shape index (κ1) is 18.8. The van der Waals surface area contributed by atoms with E-state index in [-0.39, 0.29) is 22.4 Å². The number of carbonyl (C=O) groups is 3. The molecule has 0 aliphatic carbocycles. The van der Waals surface area contributed by atoms with Gasteiger partial charge in [-0.2, -0.15) is 0 Å². The molecule has 0 aliphatic heterocycles. The van der Waals surface area contributed by atoms with Crippen molar-refractivity contribution < 1.29 is 23.9 Å². The average molecular weight is 380 g/mol. The van der Waals surface area contributed by atoms with Gasteiger partial charge < -0.3 is 19.8 Å². The number of anilines is 1. The lowest BCUT2D eigenvalue weighted by molar-refractivity contribution is 0.0599. The van der Waals surface area contributed by atoms with Gasteiger partial charge in [0.25, 0.3) is 5.91 Å². The van der Waals surface area contributed by atoms with E-state index in [9.17, 15) is 19.2 Å². The van der Waals surface area contributed by atoms with Crippen LogP contribution in [0.15, 0.2) is 53.3 Å². The number of fused-ring (bicyclic) bond motifs is 1. The van der Waals surface area contributed by atoms with E-state index >= 15 is 0 Å². The number of carbonyl (C=O) groups excluding carboxylic acids is 3. The standard InChI is InChI=1S/C20H16N2O6/c1-27-19(25)11-7-12(20(26)28-2)9-13(8-11)21-18(24)15-10-17(23)22-16-6-4-3-5-14(15)16/h3-10H,1-2H3,(H,21,24)(H,22,23). The molecule has 142 valence electrons. The number of aromatic amines is 1. The Balaban J connectivity index is 2.04. The zero-order valence-electron chi connectivity index (χ0n) is 15.1. The van der Waals surface area contributed by atoms with Crippen LogP contribution in [0.2, 0.25) is 0 Å². The molecule has 3 aromatic rings. The Morgan fingerprint density at radius 2 is 1.50 bits per heavy atom. The predicted octanol–water partition coefficient (Wildman–Crippen LogP) is 2.35. The normalized spacial score (nSPS) is 10.4. The molecule has 0 spiro atoms. The van der Waals surface area contributed by atoms with E-state index in [1.54, 1.807) is 24.3 Å². The number of hydrogen-bond donors (Lipinski definition) is 2. The highest BCUT2D eigenvalue weighted by Crippen LogP contribution is 2.20. The summed E-state index contributed by atoms with van der Waals surface area (Å²) in [5.41, 5.74) is 0.550. The lowest BCUT2D eigenvalue weighted by atomic mass is 10.1. The van der Waals surface area contributed by atoms with Crippen LogP contribution in [0.3, 0.4) is 0 Å². The van der Waals surface area contributed by atoms with Crippen LogP contribution in [0.5, 0.6) is 0 Å². The van der Waals surface area contributed by atoms with Gasteiger partial charge in [0.15, 0.2) is 0 Å². The van der Waals surface area contributed by atoms with Crippen molar-refractivity contribution in [2.45, 2.75) is 0 Å². The second kappa shape index (κ2) is 7.75. The molecule has 2 N–H and O–H groups in total. The van der Waals surface area contributed by atoms with E-state index in [1.165, 1.54) is 38.5 Å². The number of esters is 2. The summed E-state index contributed by atoms with van der Waals surface area (Å²) in [5, 5.41) is 3.16. The van der Waals surface area contributed by atoms with Crippen molar-refractivity contribution in [1.29, 1.82) is 0 Å². The monoisotopic (exact) mass is 380 g/mol. The molecule has 28 heavy (non-hydrogen) atoms. The molecule has 0 atom stereocenters. The smallest absolute Gasteiger partial charge is 0.337 e. The average Bonchev–Trinajstić information content (AvgIpc) is 2.71. The van der Waals surface area contributed by atoms with Gasteiger partial charge in [-0.25, -0.2) is 9.59 Å². The SMILES string of the molecule is COC(=O)c1cc(NC(=O)c2cc(=O)[nH]c3ccccc23)cc(C(=O)OC)c1. The lowest BCUT2D eigenvalue weighted by Crippen LogP contribution is -2.17. The molecular formula is C20H16N2O6. The maximum atomic E-state index is 12.8. The predicted molar refractivity (Wildman–Crippen MR) is 102 cm³/mol. The third kappa shape index (κ3) is 3.75. The Morgan fingerprint density at radius 1 is 0.893 bits per heavy atom. The molecule has 0 unspecified atom stereocenters. The Hall–Kier alpha value is -3.94. The van der Waals surface area contributed by atoms with E-state index in [1.807, 2.05) is 0 Å². The van der Waals surface area contributed by atoms with E-state index in [4.69, 9.17) is 0 Å². The topological polar surface area (TPSA) is 115 Å². The Bertz CT molecular complexity index is 1110. The van der Waals surface area contributed by atoms with Crippen LogP contribution >= 0.6 is 0 Å². The largest absolute Gasteiger partial charge is 0.465 e. The number of nitrogens with one attached hydrogen (secondary N) is 2. The number of hydrogen-bond acceptors (Lipinski definition) is 6. The number of para-hydroxylation sites is 1. The highest BCUT2D eigenvalue weighted by Gasteiger charge is 2.17. The van der Waals surface area contributed by atoms with Crippen molar-refractivity contribution >= 4 is 34.4 Å². The number of benzene rings is 2. The van der Waals surface area contributed by atoms with E-state index < -0.39 is 23.4 Å². The third-order valence-electron chi connectivity index (χ3n) is 4.03. The van der Waals surface area contributed by atoms with Crippen LogP contribution in [-0.2, 0) is 9.47 Å². The van der Waals surface area contributed by atoms with E-state index in [0.717, 1.165) is 0 Å². The molecular weight excluding hydrogens is 364 g/mol. The second-order valence-electron chi connectivity index (χ2n) is 5.83. The van der Waals surface area contributed by atoms with E-state index in [2.05, 4.69) is 19.8 Å². The van der Waals surface area contributed by atoms with Gasteiger partial charge in [-0.15, -0.1) is 0 Å². The zero-order chi connectivity index (χ0) is 20.3. The molecule has 0 fully saturated rings. The fourth-order valence-corrected chi connectivity index (χ4v) is 2.76. The zero-order valence-corrected chi connectivity index (χ0v) is 15.1. The molecule has 1 aromatic heterocycles. The summed E-state index contributed by atoms with van der Waals surface area (Å²) in [6.45, 7) is 0. The molecule has 3 rings (SSSR count). The molecule has 0 bridgehead atoms. The first-order chi connectivity index (χ1) is 13.4. The fourth-order valence-electron chi connectivity index (χ4n) is 2.76. The summed E-state index contributed by atoms with van der Waals surface area (Å²) < 4.78 is 9.35. The van der Waals surface area contributed by atoms with Crippen LogP contribution in [0.25, 0.3) is 10.9 Å². The number of rotatable bonds is 4. The van der Waals surface area contributed by atoms with Crippen molar-refractivity contribution in [1.82, 2.24) is 4.98 Å². The van der Waals surface area contributed by atoms with Crippen molar-refractivity contribution in [3.8, 4) is 0 Å². The first-order valence-corrected chi connectivity index (χ1v) is 8.18. The van der Waals surface area contributed by atoms with Gasteiger partial charge >= 0.3 is 11.9 Å². The summed E-state index contributed by atoms with van der Waals surface area (Å²) in [6, 6.07) is 12.1. The number of methoxy groups -OCH3 is 2. The van der Waals surface area contributed by atoms with Crippen molar-refractivity contribution in [3.05, 3.63) is 75.6 Å². The fraction of sp³-hybridized carbons (Fsp3) is 0.100. The molecule has 0 saturated heterocycles. The van der Waals surface area contributed by atoms with Crippen LogP contribution in [-0.4, -0.2) is 37.0 Å². The maximum absolute atomic E-state index is 12.8. The van der Waals surface area contributed by atoms with Gasteiger partial charge in [0.05, 0.1) is 30.9 Å². The highest BCUT2D eigenvalue weighted by molar-refractivity contribution is 6.12. The molecule has 0 radical (unpaired) electrons. The van der Waals surface area contributed by atoms with Gasteiger partial charge in [-0.1, -0.05) is 18.2 Å². The Labute approximate surface area is 159 Å². The van der Waals surface area contributed by atoms with Crippen molar-refractivity contribution in [3.63, 3.8) is 0 Å². The lowest BCUT2D eigenvalue weighted by Gasteiger charge is -2.11. The Kier molecular flexibility index (Phi) is 5.21. The molecule has 1 heterocycles. The van der Waals surface area contributed by atoms with Crippen LogP contribution in [0.4, 0.5) is 5.69 Å². The second-order valence-corrected chi connectivity index (χ2v) is 5.83. The van der Waals surface area contributed by atoms with Crippen molar-refractivity contribution in [2.75, 3.05) is 19.5 Å². The molecule has 1 amide bonds. The van der Waals surface area contributed by atoms with Gasteiger partial charge in [-0.05, 0) is 24.3 Å². The van der Waals surface area contributed by atoms with Gasteiger partial charge in [0.1, 0.15) is 0 Å².